The Kier molecular flexibility index (Phi) is 12.0. The van der Waals surface area contributed by atoms with E-state index in [-0.39, 0.29) is 5.91 Å². The number of unbranched alkanes of at least 4 members (excludes halogenated alkanes) is 1. The van der Waals surface area contributed by atoms with Crippen molar-refractivity contribution in [2.45, 2.75) is 118 Å². The number of ether oxygens (including phenoxy) is 1. The average Bonchev–Trinajstić information content (AvgIpc) is 3.31. The van der Waals surface area contributed by atoms with Gasteiger partial charge in [-0.2, -0.15) is 0 Å². The Morgan fingerprint density at radius 2 is 1.65 bits per heavy atom. The highest BCUT2D eigenvalue weighted by atomic mass is 16.6. The van der Waals surface area contributed by atoms with E-state index in [1.165, 1.54) is 16.7 Å². The number of Topliss-reactive ketones (excluding diaryl/α,β-unsaturated/α-hetero) is 1. The third kappa shape index (κ3) is 9.31. The number of alkyl carbamates (subject to hydrolysis) is 1. The van der Waals surface area contributed by atoms with E-state index in [1.54, 1.807) is 13.8 Å². The summed E-state index contributed by atoms with van der Waals surface area (Å²) in [5, 5.41) is 5.34. The van der Waals surface area contributed by atoms with Crippen LogP contribution in [-0.4, -0.2) is 82.8 Å². The molecule has 0 aromatic heterocycles. The predicted molar refractivity (Wildman–Crippen MR) is 142 cm³/mol. The van der Waals surface area contributed by atoms with Crippen molar-refractivity contribution in [1.82, 2.24) is 20.4 Å². The van der Waals surface area contributed by atoms with Crippen LogP contribution in [0.25, 0.3) is 0 Å². The van der Waals surface area contributed by atoms with Crippen LogP contribution >= 0.6 is 0 Å². The van der Waals surface area contributed by atoms with E-state index < -0.39 is 52.8 Å². The molecule has 0 bridgehead atoms. The van der Waals surface area contributed by atoms with Crippen molar-refractivity contribution in [3.8, 4) is 0 Å². The molecule has 0 saturated carbocycles. The smallest absolute Gasteiger partial charge is 0.408 e. The summed E-state index contributed by atoms with van der Waals surface area (Å²) >= 11 is 0. The standard InChI is InChI=1S/C27H48N4O6/c1-10-13-16-30(12-3)23(34)20(32)18(4)28-22(33)19-15-14-17-31(19)24(35)21(26(5,6)7)29-25(36)37-27(8,9)11-2/h18-19,21H,10-17H2,1-9H3,(H,28,33)(H,29,36). The average molecular weight is 525 g/mol. The summed E-state index contributed by atoms with van der Waals surface area (Å²) < 4.78 is 5.48. The van der Waals surface area contributed by atoms with E-state index >= 15 is 0 Å². The van der Waals surface area contributed by atoms with Gasteiger partial charge in [0.25, 0.3) is 5.91 Å². The second-order valence-corrected chi connectivity index (χ2v) is 11.5. The molecule has 1 heterocycles. The van der Waals surface area contributed by atoms with Crippen LogP contribution in [0.5, 0.6) is 0 Å². The number of ketones is 1. The fourth-order valence-corrected chi connectivity index (χ4v) is 4.06. The molecule has 2 N–H and O–H groups in total. The number of hydrogen-bond donors (Lipinski definition) is 2. The second kappa shape index (κ2) is 13.8. The van der Waals surface area contributed by atoms with E-state index in [4.69, 9.17) is 4.74 Å². The minimum Gasteiger partial charge on any atom is -0.444 e. The lowest BCUT2D eigenvalue weighted by atomic mass is 9.85. The Morgan fingerprint density at radius 1 is 1.03 bits per heavy atom. The molecule has 3 atom stereocenters. The van der Waals surface area contributed by atoms with Crippen molar-refractivity contribution in [2.24, 2.45) is 5.41 Å². The zero-order valence-corrected chi connectivity index (χ0v) is 24.2. The number of nitrogens with zero attached hydrogens (tertiary/aromatic N) is 2. The lowest BCUT2D eigenvalue weighted by molar-refractivity contribution is -0.147. The first kappa shape index (κ1) is 32.4. The second-order valence-electron chi connectivity index (χ2n) is 11.5. The van der Waals surface area contributed by atoms with Gasteiger partial charge in [0.15, 0.2) is 0 Å². The minimum absolute atomic E-state index is 0.350. The number of rotatable bonds is 12. The first-order chi connectivity index (χ1) is 17.1. The molecule has 10 heteroatoms. The lowest BCUT2D eigenvalue weighted by Crippen LogP contribution is -2.59. The van der Waals surface area contributed by atoms with Gasteiger partial charge in [-0.1, -0.05) is 41.0 Å². The van der Waals surface area contributed by atoms with Crippen molar-refractivity contribution in [2.75, 3.05) is 19.6 Å². The van der Waals surface area contributed by atoms with Gasteiger partial charge in [-0.05, 0) is 58.8 Å². The third-order valence-corrected chi connectivity index (χ3v) is 6.85. The number of amides is 4. The Bertz CT molecular complexity index is 835. The van der Waals surface area contributed by atoms with Gasteiger partial charge in [0, 0.05) is 19.6 Å². The summed E-state index contributed by atoms with van der Waals surface area (Å²) in [7, 11) is 0. The normalized spacial score (nSPS) is 17.5. The predicted octanol–water partition coefficient (Wildman–Crippen LogP) is 3.03. The minimum atomic E-state index is -1.02. The fraction of sp³-hybridized carbons (Fsp3) is 0.815. The van der Waals surface area contributed by atoms with Gasteiger partial charge in [0.1, 0.15) is 17.7 Å². The Morgan fingerprint density at radius 3 is 2.16 bits per heavy atom. The quantitative estimate of drug-likeness (QED) is 0.378. The van der Waals surface area contributed by atoms with E-state index in [2.05, 4.69) is 10.6 Å². The zero-order chi connectivity index (χ0) is 28.6. The van der Waals surface area contributed by atoms with Gasteiger partial charge >= 0.3 is 6.09 Å². The van der Waals surface area contributed by atoms with Crippen LogP contribution in [0.1, 0.15) is 94.4 Å². The highest BCUT2D eigenvalue weighted by molar-refractivity contribution is 6.38. The summed E-state index contributed by atoms with van der Waals surface area (Å²) in [6, 6.07) is -2.73. The Labute approximate surface area is 222 Å². The molecule has 1 rings (SSSR count). The molecule has 0 radical (unpaired) electrons. The number of hydrogen-bond acceptors (Lipinski definition) is 6. The molecule has 212 valence electrons. The number of likely N-dealkylation sites (N-methyl/N-ethyl adjacent to an activating group) is 1. The molecular weight excluding hydrogens is 476 g/mol. The zero-order valence-electron chi connectivity index (χ0n) is 24.2. The number of nitrogens with one attached hydrogen (secondary N) is 2. The van der Waals surface area contributed by atoms with Crippen LogP contribution in [0, 0.1) is 5.41 Å². The largest absolute Gasteiger partial charge is 0.444 e. The highest BCUT2D eigenvalue weighted by Gasteiger charge is 2.43. The van der Waals surface area contributed by atoms with Crippen LogP contribution in [0.4, 0.5) is 4.79 Å². The summed E-state index contributed by atoms with van der Waals surface area (Å²) in [5.74, 6) is -2.17. The maximum absolute atomic E-state index is 13.6. The van der Waals surface area contributed by atoms with Crippen LogP contribution in [0.15, 0.2) is 0 Å². The molecule has 1 saturated heterocycles. The van der Waals surface area contributed by atoms with Crippen LogP contribution in [0.3, 0.4) is 0 Å². The van der Waals surface area contributed by atoms with Gasteiger partial charge in [-0.15, -0.1) is 0 Å². The third-order valence-electron chi connectivity index (χ3n) is 6.85. The van der Waals surface area contributed by atoms with Crippen LogP contribution < -0.4 is 10.6 Å². The van der Waals surface area contributed by atoms with Gasteiger partial charge in [-0.3, -0.25) is 19.2 Å². The molecule has 0 aromatic carbocycles. The fourth-order valence-electron chi connectivity index (χ4n) is 4.06. The molecule has 1 aliphatic heterocycles. The molecular formula is C27H48N4O6. The summed E-state index contributed by atoms with van der Waals surface area (Å²) in [6.07, 6.45) is 2.63. The highest BCUT2D eigenvalue weighted by Crippen LogP contribution is 2.26. The summed E-state index contributed by atoms with van der Waals surface area (Å²) in [4.78, 5) is 67.6. The Balaban J connectivity index is 2.95. The first-order valence-electron chi connectivity index (χ1n) is 13.5. The van der Waals surface area contributed by atoms with Crippen molar-refractivity contribution in [3.63, 3.8) is 0 Å². The topological polar surface area (TPSA) is 125 Å². The molecule has 0 aliphatic carbocycles. The maximum Gasteiger partial charge on any atom is 0.408 e. The van der Waals surface area contributed by atoms with Crippen molar-refractivity contribution in [1.29, 1.82) is 0 Å². The van der Waals surface area contributed by atoms with Crippen LogP contribution in [0.2, 0.25) is 0 Å². The molecule has 1 fully saturated rings. The van der Waals surface area contributed by atoms with E-state index in [9.17, 15) is 24.0 Å². The Hall–Kier alpha value is -2.65. The van der Waals surface area contributed by atoms with Crippen LogP contribution in [-0.2, 0) is 23.9 Å². The summed E-state index contributed by atoms with van der Waals surface area (Å²) in [5.41, 5.74) is -1.33. The molecule has 3 unspecified atom stereocenters. The maximum atomic E-state index is 13.6. The van der Waals surface area contributed by atoms with E-state index in [0.29, 0.717) is 38.9 Å². The number of carbonyl (C=O) groups is 5. The molecule has 0 spiro atoms. The SMILES string of the molecule is CCCCN(CC)C(=O)C(=O)C(C)NC(=O)C1CCCN1C(=O)C(NC(=O)OC(C)(C)CC)C(C)(C)C. The number of likely N-dealkylation sites (tertiary alicyclic amines) is 1. The van der Waals surface area contributed by atoms with Gasteiger partial charge in [0.2, 0.25) is 17.6 Å². The van der Waals surface area contributed by atoms with E-state index in [1.807, 2.05) is 41.5 Å². The molecule has 1 aliphatic rings. The molecule has 37 heavy (non-hydrogen) atoms. The van der Waals surface area contributed by atoms with Crippen molar-refractivity contribution in [3.05, 3.63) is 0 Å². The monoisotopic (exact) mass is 524 g/mol. The van der Waals surface area contributed by atoms with Crippen molar-refractivity contribution >= 4 is 29.6 Å². The molecule has 4 amide bonds. The summed E-state index contributed by atoms with van der Waals surface area (Å²) in [6.45, 7) is 17.5. The first-order valence-corrected chi connectivity index (χ1v) is 13.5. The number of carbonyl (C=O) groups excluding carboxylic acids is 5. The van der Waals surface area contributed by atoms with Crippen molar-refractivity contribution < 1.29 is 28.7 Å². The van der Waals surface area contributed by atoms with Gasteiger partial charge in [0.05, 0.1) is 6.04 Å². The van der Waals surface area contributed by atoms with Gasteiger partial charge < -0.3 is 25.2 Å². The lowest BCUT2D eigenvalue weighted by Gasteiger charge is -2.36. The van der Waals surface area contributed by atoms with Gasteiger partial charge in [-0.25, -0.2) is 4.79 Å². The molecule has 0 aromatic rings. The molecule has 10 nitrogen and oxygen atoms in total. The van der Waals surface area contributed by atoms with E-state index in [0.717, 1.165) is 12.8 Å².